The highest BCUT2D eigenvalue weighted by molar-refractivity contribution is 6.30. The molecule has 1 aliphatic rings. The standard InChI is InChI=1S/C11H10ClNO/c12-9-4-3-7-1-2-8(5-11(13)14)10(7)6-9/h3-6H,1-2H2,(H2,13,14)/b8-5-. The fourth-order valence-corrected chi connectivity index (χ4v) is 1.96. The summed E-state index contributed by atoms with van der Waals surface area (Å²) in [5.74, 6) is -0.396. The highest BCUT2D eigenvalue weighted by Crippen LogP contribution is 2.33. The van der Waals surface area contributed by atoms with Gasteiger partial charge in [-0.1, -0.05) is 17.7 Å². The van der Waals surface area contributed by atoms with E-state index in [2.05, 4.69) is 0 Å². The van der Waals surface area contributed by atoms with Crippen LogP contribution < -0.4 is 5.73 Å². The van der Waals surface area contributed by atoms with E-state index < -0.39 is 5.91 Å². The smallest absolute Gasteiger partial charge is 0.241 e. The van der Waals surface area contributed by atoms with Crippen LogP contribution in [0.15, 0.2) is 24.3 Å². The summed E-state index contributed by atoms with van der Waals surface area (Å²) in [4.78, 5) is 10.8. The maximum atomic E-state index is 10.8. The van der Waals surface area contributed by atoms with Crippen LogP contribution >= 0.6 is 11.6 Å². The molecule has 2 nitrogen and oxygen atoms in total. The minimum atomic E-state index is -0.396. The molecule has 0 radical (unpaired) electrons. The maximum absolute atomic E-state index is 10.8. The first-order valence-corrected chi connectivity index (χ1v) is 4.83. The number of rotatable bonds is 1. The summed E-state index contributed by atoms with van der Waals surface area (Å²) in [5, 5.41) is 0.695. The van der Waals surface area contributed by atoms with Crippen molar-refractivity contribution in [3.05, 3.63) is 40.4 Å². The summed E-state index contributed by atoms with van der Waals surface area (Å²) >= 11 is 5.88. The molecule has 0 spiro atoms. The second-order valence-corrected chi connectivity index (χ2v) is 3.81. The van der Waals surface area contributed by atoms with Gasteiger partial charge in [0.15, 0.2) is 0 Å². The van der Waals surface area contributed by atoms with E-state index in [-0.39, 0.29) is 0 Å². The van der Waals surface area contributed by atoms with E-state index in [0.29, 0.717) is 5.02 Å². The van der Waals surface area contributed by atoms with Crippen LogP contribution in [0.25, 0.3) is 5.57 Å². The average Bonchev–Trinajstić information content (AvgIpc) is 2.47. The first-order valence-electron chi connectivity index (χ1n) is 4.45. The number of allylic oxidation sites excluding steroid dienone is 1. The van der Waals surface area contributed by atoms with Gasteiger partial charge in [-0.05, 0) is 41.7 Å². The van der Waals surface area contributed by atoms with Gasteiger partial charge >= 0.3 is 0 Å². The largest absolute Gasteiger partial charge is 0.366 e. The molecule has 2 N–H and O–H groups in total. The van der Waals surface area contributed by atoms with Crippen molar-refractivity contribution in [2.45, 2.75) is 12.8 Å². The van der Waals surface area contributed by atoms with Gasteiger partial charge in [0.05, 0.1) is 0 Å². The van der Waals surface area contributed by atoms with Crippen molar-refractivity contribution < 1.29 is 4.79 Å². The summed E-state index contributed by atoms with van der Waals surface area (Å²) in [6, 6.07) is 5.76. The number of carbonyl (C=O) groups is 1. The molecule has 0 fully saturated rings. The first kappa shape index (κ1) is 9.28. The second kappa shape index (κ2) is 3.46. The van der Waals surface area contributed by atoms with Gasteiger partial charge < -0.3 is 5.73 Å². The van der Waals surface area contributed by atoms with Gasteiger partial charge in [0.25, 0.3) is 0 Å². The van der Waals surface area contributed by atoms with Crippen LogP contribution in [0.5, 0.6) is 0 Å². The molecule has 0 bridgehead atoms. The number of hydrogen-bond acceptors (Lipinski definition) is 1. The molecular formula is C11H10ClNO. The molecule has 0 heterocycles. The van der Waals surface area contributed by atoms with Crippen LogP contribution in [-0.4, -0.2) is 5.91 Å². The number of hydrogen-bond donors (Lipinski definition) is 1. The Morgan fingerprint density at radius 3 is 2.93 bits per heavy atom. The predicted molar refractivity (Wildman–Crippen MR) is 56.9 cm³/mol. The number of benzene rings is 1. The lowest BCUT2D eigenvalue weighted by Gasteiger charge is -2.00. The Labute approximate surface area is 87.4 Å². The van der Waals surface area contributed by atoms with E-state index >= 15 is 0 Å². The zero-order valence-corrected chi connectivity index (χ0v) is 8.34. The Hall–Kier alpha value is -1.28. The minimum absolute atomic E-state index is 0.396. The van der Waals surface area contributed by atoms with Crippen LogP contribution in [-0.2, 0) is 11.2 Å². The summed E-state index contributed by atoms with van der Waals surface area (Å²) in [6.07, 6.45) is 3.33. The predicted octanol–water partition coefficient (Wildman–Crippen LogP) is 2.15. The molecule has 0 atom stereocenters. The van der Waals surface area contributed by atoms with E-state index in [1.165, 1.54) is 11.6 Å². The Kier molecular flexibility index (Phi) is 2.30. The minimum Gasteiger partial charge on any atom is -0.366 e. The fraction of sp³-hybridized carbons (Fsp3) is 0.182. The third-order valence-electron chi connectivity index (χ3n) is 2.40. The maximum Gasteiger partial charge on any atom is 0.241 e. The molecule has 1 aromatic rings. The Morgan fingerprint density at radius 1 is 1.43 bits per heavy atom. The Morgan fingerprint density at radius 2 is 2.21 bits per heavy atom. The lowest BCUT2D eigenvalue weighted by Crippen LogP contribution is -2.06. The molecule has 0 unspecified atom stereocenters. The third-order valence-corrected chi connectivity index (χ3v) is 2.63. The Bertz CT molecular complexity index is 423. The van der Waals surface area contributed by atoms with Crippen molar-refractivity contribution in [2.75, 3.05) is 0 Å². The SMILES string of the molecule is NC(=O)/C=C1/CCc2ccc(Cl)cc21. The highest BCUT2D eigenvalue weighted by atomic mass is 35.5. The molecule has 3 heteroatoms. The van der Waals surface area contributed by atoms with Crippen molar-refractivity contribution in [1.82, 2.24) is 0 Å². The number of nitrogens with two attached hydrogens (primary N) is 1. The van der Waals surface area contributed by atoms with Gasteiger partial charge in [0, 0.05) is 11.1 Å². The van der Waals surface area contributed by atoms with E-state index in [1.807, 2.05) is 18.2 Å². The van der Waals surface area contributed by atoms with Crippen LogP contribution in [0.2, 0.25) is 5.02 Å². The molecule has 2 rings (SSSR count). The van der Waals surface area contributed by atoms with Gasteiger partial charge in [-0.15, -0.1) is 0 Å². The molecule has 14 heavy (non-hydrogen) atoms. The molecule has 1 aromatic carbocycles. The van der Waals surface area contributed by atoms with Crippen molar-refractivity contribution in [2.24, 2.45) is 5.73 Å². The number of fused-ring (bicyclic) bond motifs is 1. The molecule has 72 valence electrons. The number of carbonyl (C=O) groups excluding carboxylic acids is 1. The van der Waals surface area contributed by atoms with E-state index in [9.17, 15) is 4.79 Å². The third kappa shape index (κ3) is 1.66. The van der Waals surface area contributed by atoms with Crippen LogP contribution in [0.4, 0.5) is 0 Å². The lowest BCUT2D eigenvalue weighted by atomic mass is 10.1. The molecule has 0 aromatic heterocycles. The molecule has 0 saturated carbocycles. The monoisotopic (exact) mass is 207 g/mol. The number of amides is 1. The molecular weight excluding hydrogens is 198 g/mol. The number of primary amides is 1. The van der Waals surface area contributed by atoms with Gasteiger partial charge in [-0.3, -0.25) is 4.79 Å². The van der Waals surface area contributed by atoms with Gasteiger partial charge in [-0.2, -0.15) is 0 Å². The van der Waals surface area contributed by atoms with E-state index in [1.54, 1.807) is 0 Å². The van der Waals surface area contributed by atoms with Gasteiger partial charge in [0.2, 0.25) is 5.91 Å². The van der Waals surface area contributed by atoms with Crippen molar-refractivity contribution in [3.8, 4) is 0 Å². The van der Waals surface area contributed by atoms with Gasteiger partial charge in [-0.25, -0.2) is 0 Å². The number of aryl methyl sites for hydroxylation is 1. The van der Waals surface area contributed by atoms with Crippen LogP contribution in [0.1, 0.15) is 17.5 Å². The summed E-state index contributed by atoms with van der Waals surface area (Å²) in [7, 11) is 0. The summed E-state index contributed by atoms with van der Waals surface area (Å²) in [5.41, 5.74) is 8.42. The topological polar surface area (TPSA) is 43.1 Å². The van der Waals surface area contributed by atoms with Crippen molar-refractivity contribution >= 4 is 23.1 Å². The van der Waals surface area contributed by atoms with Gasteiger partial charge in [0.1, 0.15) is 0 Å². The van der Waals surface area contributed by atoms with Crippen LogP contribution in [0.3, 0.4) is 0 Å². The van der Waals surface area contributed by atoms with Crippen molar-refractivity contribution in [1.29, 1.82) is 0 Å². The molecule has 0 saturated heterocycles. The van der Waals surface area contributed by atoms with E-state index in [4.69, 9.17) is 17.3 Å². The van der Waals surface area contributed by atoms with E-state index in [0.717, 1.165) is 24.0 Å². The normalized spacial score (nSPS) is 17.1. The quantitative estimate of drug-likeness (QED) is 0.705. The highest BCUT2D eigenvalue weighted by Gasteiger charge is 2.16. The molecule has 0 aliphatic heterocycles. The zero-order chi connectivity index (χ0) is 10.1. The Balaban J connectivity index is 2.48. The molecule has 1 aliphatic carbocycles. The van der Waals surface area contributed by atoms with Crippen molar-refractivity contribution in [3.63, 3.8) is 0 Å². The van der Waals surface area contributed by atoms with Crippen LogP contribution in [0, 0.1) is 0 Å². The first-order chi connectivity index (χ1) is 6.66. The summed E-state index contributed by atoms with van der Waals surface area (Å²) < 4.78 is 0. The zero-order valence-electron chi connectivity index (χ0n) is 7.59. The second-order valence-electron chi connectivity index (χ2n) is 3.37. The average molecular weight is 208 g/mol. The number of halogens is 1. The fourth-order valence-electron chi connectivity index (χ4n) is 1.79. The summed E-state index contributed by atoms with van der Waals surface area (Å²) in [6.45, 7) is 0. The lowest BCUT2D eigenvalue weighted by molar-refractivity contribution is -0.113. The molecule has 1 amide bonds.